The normalized spacial score (nSPS) is 25.5. The van der Waals surface area contributed by atoms with Gasteiger partial charge in [-0.05, 0) is 65.8 Å². The Balaban J connectivity index is 1.47. The lowest BCUT2D eigenvalue weighted by Gasteiger charge is -2.45. The molecule has 2 heterocycles. The van der Waals surface area contributed by atoms with Gasteiger partial charge in [-0.15, -0.1) is 0 Å². The third kappa shape index (κ3) is 3.30. The summed E-state index contributed by atoms with van der Waals surface area (Å²) in [5, 5.41) is 1.52. The summed E-state index contributed by atoms with van der Waals surface area (Å²) < 4.78 is 20.5. The summed E-state index contributed by atoms with van der Waals surface area (Å²) in [6, 6.07) is 19.2. The molecule has 0 amide bonds. The molecule has 0 aromatic heterocycles. The molecule has 3 aromatic carbocycles. The van der Waals surface area contributed by atoms with Gasteiger partial charge in [-0.1, -0.05) is 36.4 Å². The van der Waals surface area contributed by atoms with Crippen LogP contribution in [-0.4, -0.2) is 23.7 Å². The van der Waals surface area contributed by atoms with Crippen molar-refractivity contribution in [1.29, 1.82) is 0 Å². The maximum absolute atomic E-state index is 13.8. The second kappa shape index (κ2) is 7.46. The lowest BCUT2D eigenvalue weighted by atomic mass is 9.78. The Kier molecular flexibility index (Phi) is 4.61. The summed E-state index contributed by atoms with van der Waals surface area (Å²) in [7, 11) is 1.77. The van der Waals surface area contributed by atoms with Crippen LogP contribution in [0.5, 0.6) is 5.75 Å². The highest BCUT2D eigenvalue weighted by Gasteiger charge is 2.54. The van der Waals surface area contributed by atoms with Crippen LogP contribution in [0.15, 0.2) is 65.7 Å². The van der Waals surface area contributed by atoms with E-state index in [0.29, 0.717) is 12.4 Å². The number of rotatable bonds is 1. The van der Waals surface area contributed by atoms with Gasteiger partial charge in [0.25, 0.3) is 0 Å². The number of fused-ring (bicyclic) bond motifs is 3. The first-order valence-corrected chi connectivity index (χ1v) is 11.6. The molecule has 4 N–H and O–H groups in total. The number of aryl methyl sites for hydroxylation is 1. The number of benzene rings is 3. The van der Waals surface area contributed by atoms with E-state index < -0.39 is 17.1 Å². The molecule has 3 aliphatic rings. The van der Waals surface area contributed by atoms with Gasteiger partial charge in [0.2, 0.25) is 11.7 Å². The Hall–Kier alpha value is -3.58. The Morgan fingerprint density at radius 1 is 1.00 bits per heavy atom. The van der Waals surface area contributed by atoms with Crippen LogP contribution in [0.4, 0.5) is 10.1 Å². The van der Waals surface area contributed by atoms with Crippen molar-refractivity contribution in [3.8, 4) is 16.9 Å². The first kappa shape index (κ1) is 21.0. The van der Waals surface area contributed by atoms with Gasteiger partial charge in [0, 0.05) is 19.9 Å². The van der Waals surface area contributed by atoms with E-state index in [4.69, 9.17) is 26.0 Å². The molecule has 0 bridgehead atoms. The molecule has 0 radical (unpaired) electrons. The van der Waals surface area contributed by atoms with Crippen LogP contribution in [0.2, 0.25) is 0 Å². The zero-order chi connectivity index (χ0) is 23.5. The zero-order valence-electron chi connectivity index (χ0n) is 19.1. The molecule has 2 spiro atoms. The van der Waals surface area contributed by atoms with Crippen molar-refractivity contribution >= 4 is 11.6 Å². The van der Waals surface area contributed by atoms with Crippen molar-refractivity contribution in [3.05, 3.63) is 83.2 Å². The van der Waals surface area contributed by atoms with E-state index >= 15 is 0 Å². The van der Waals surface area contributed by atoms with Gasteiger partial charge in [0.05, 0.1) is 11.3 Å². The van der Waals surface area contributed by atoms with Crippen LogP contribution < -0.4 is 16.2 Å². The monoisotopic (exact) mass is 458 g/mol. The molecule has 0 saturated carbocycles. The van der Waals surface area contributed by atoms with Crippen molar-refractivity contribution in [2.75, 3.05) is 12.8 Å². The van der Waals surface area contributed by atoms with Crippen molar-refractivity contribution < 1.29 is 14.0 Å². The van der Waals surface area contributed by atoms with E-state index in [-0.39, 0.29) is 5.69 Å². The molecule has 0 saturated heterocycles. The molecular weight excluding hydrogens is 431 g/mol. The highest BCUT2D eigenvalue weighted by molar-refractivity contribution is 5.79. The van der Waals surface area contributed by atoms with Crippen LogP contribution in [0.3, 0.4) is 0 Å². The lowest BCUT2D eigenvalue weighted by molar-refractivity contribution is -0.204. The first-order valence-electron chi connectivity index (χ1n) is 11.6. The molecule has 0 fully saturated rings. The number of hydroxylamine groups is 2. The van der Waals surface area contributed by atoms with Crippen molar-refractivity contribution in [2.24, 2.45) is 10.7 Å². The highest BCUT2D eigenvalue weighted by atomic mass is 19.1. The number of hydrogen-bond donors (Lipinski definition) is 2. The minimum Gasteiger partial charge on any atom is -0.486 e. The predicted octanol–water partition coefficient (Wildman–Crippen LogP) is 4.52. The fourth-order valence-electron chi connectivity index (χ4n) is 5.61. The smallest absolute Gasteiger partial charge is 0.222 e. The minimum absolute atomic E-state index is 0.108. The second-order valence-electron chi connectivity index (χ2n) is 9.55. The number of guanidine groups is 1. The molecule has 6 nitrogen and oxygen atoms in total. The highest BCUT2D eigenvalue weighted by Crippen LogP contribution is 2.53. The summed E-state index contributed by atoms with van der Waals surface area (Å²) in [5.41, 5.74) is 15.9. The molecular formula is C27H27FN4O2. The SMILES string of the molecule is CN1OC2(CC3(CCCc4ccccc4C3)Oc3ccc(-c4ccc(F)c(N)c4)cc32)N=C1N. The molecule has 34 heavy (non-hydrogen) atoms. The third-order valence-corrected chi connectivity index (χ3v) is 7.23. The van der Waals surface area contributed by atoms with Crippen LogP contribution in [0, 0.1) is 5.82 Å². The van der Waals surface area contributed by atoms with Crippen molar-refractivity contribution in [1.82, 2.24) is 5.06 Å². The molecule has 1 aliphatic carbocycles. The molecule has 7 heteroatoms. The average Bonchev–Trinajstić information content (AvgIpc) is 2.98. The molecule has 174 valence electrons. The molecule has 2 atom stereocenters. The Labute approximate surface area is 197 Å². The Morgan fingerprint density at radius 3 is 2.53 bits per heavy atom. The summed E-state index contributed by atoms with van der Waals surface area (Å²) >= 11 is 0. The lowest BCUT2D eigenvalue weighted by Crippen LogP contribution is -2.49. The van der Waals surface area contributed by atoms with Gasteiger partial charge in [0.1, 0.15) is 17.2 Å². The predicted molar refractivity (Wildman–Crippen MR) is 129 cm³/mol. The molecule has 2 unspecified atom stereocenters. The van der Waals surface area contributed by atoms with Crippen molar-refractivity contribution in [3.63, 3.8) is 0 Å². The van der Waals surface area contributed by atoms with Gasteiger partial charge in [0.15, 0.2) is 0 Å². The van der Waals surface area contributed by atoms with E-state index in [1.54, 1.807) is 19.2 Å². The molecule has 3 aromatic rings. The van der Waals surface area contributed by atoms with E-state index in [1.165, 1.54) is 22.3 Å². The summed E-state index contributed by atoms with van der Waals surface area (Å²) in [6.07, 6.45) is 4.26. The van der Waals surface area contributed by atoms with Crippen LogP contribution in [-0.2, 0) is 23.4 Å². The second-order valence-corrected chi connectivity index (χ2v) is 9.55. The summed E-state index contributed by atoms with van der Waals surface area (Å²) in [5.74, 6) is 0.625. The van der Waals surface area contributed by atoms with E-state index in [9.17, 15) is 4.39 Å². The van der Waals surface area contributed by atoms with Gasteiger partial charge in [-0.25, -0.2) is 19.3 Å². The van der Waals surface area contributed by atoms with Gasteiger partial charge < -0.3 is 16.2 Å². The number of halogens is 1. The van der Waals surface area contributed by atoms with E-state index in [0.717, 1.165) is 48.1 Å². The topological polar surface area (TPSA) is 86.1 Å². The van der Waals surface area contributed by atoms with Gasteiger partial charge in [-0.2, -0.15) is 0 Å². The summed E-state index contributed by atoms with van der Waals surface area (Å²) in [6.45, 7) is 0. The molecule has 2 aliphatic heterocycles. The largest absolute Gasteiger partial charge is 0.486 e. The summed E-state index contributed by atoms with van der Waals surface area (Å²) in [4.78, 5) is 11.2. The fourth-order valence-corrected chi connectivity index (χ4v) is 5.61. The number of anilines is 1. The zero-order valence-corrected chi connectivity index (χ0v) is 19.1. The quantitative estimate of drug-likeness (QED) is 0.524. The third-order valence-electron chi connectivity index (χ3n) is 7.23. The number of aliphatic imine (C=N–C) groups is 1. The first-order chi connectivity index (χ1) is 16.4. The number of ether oxygens (including phenoxy) is 1. The van der Waals surface area contributed by atoms with Gasteiger partial charge >= 0.3 is 0 Å². The van der Waals surface area contributed by atoms with Crippen molar-refractivity contribution in [2.45, 2.75) is 43.4 Å². The maximum atomic E-state index is 13.8. The Morgan fingerprint density at radius 2 is 1.76 bits per heavy atom. The van der Waals surface area contributed by atoms with Gasteiger partial charge in [-0.3, -0.25) is 0 Å². The Bertz CT molecular complexity index is 1330. The number of nitrogens with two attached hydrogens (primary N) is 2. The molecule has 6 rings (SSSR count). The minimum atomic E-state index is -0.993. The fraction of sp³-hybridized carbons (Fsp3) is 0.296. The standard InChI is InChI=1S/C27H27FN4O2/c1-32-25(30)31-27(34-32)16-26(12-4-7-17-5-2-3-6-20(17)15-26)33-24-11-9-18(13-21(24)27)19-8-10-22(28)23(29)14-19/h2-3,5-6,8-11,13-14H,4,7,12,15-16,29H2,1H3,(H2,30,31). The van der Waals surface area contributed by atoms with Crippen LogP contribution >= 0.6 is 0 Å². The average molecular weight is 459 g/mol. The van der Waals surface area contributed by atoms with E-state index in [1.807, 2.05) is 18.2 Å². The number of hydrogen-bond acceptors (Lipinski definition) is 6. The maximum Gasteiger partial charge on any atom is 0.222 e. The van der Waals surface area contributed by atoms with E-state index in [2.05, 4.69) is 24.3 Å². The number of nitrogen functional groups attached to an aromatic ring is 1. The van der Waals surface area contributed by atoms with Crippen LogP contribution in [0.1, 0.15) is 36.0 Å². The number of nitrogens with zero attached hydrogens (tertiary/aromatic N) is 2. The van der Waals surface area contributed by atoms with Crippen LogP contribution in [0.25, 0.3) is 11.1 Å².